The Balaban J connectivity index is 4.40. The van der Waals surface area contributed by atoms with E-state index in [1.165, 1.54) is 6.21 Å². The third-order valence-corrected chi connectivity index (χ3v) is 0.989. The van der Waals surface area contributed by atoms with Gasteiger partial charge in [-0.1, -0.05) is 0 Å². The van der Waals surface area contributed by atoms with Gasteiger partial charge in [-0.05, 0) is 6.92 Å². The van der Waals surface area contributed by atoms with Crippen LogP contribution < -0.4 is 17.2 Å². The molecule has 11 heavy (non-hydrogen) atoms. The molecule has 0 saturated carbocycles. The molecule has 5 nitrogen and oxygen atoms in total. The van der Waals surface area contributed by atoms with Crippen molar-refractivity contribution in [1.29, 1.82) is 0 Å². The molecule has 0 radical (unpaired) electrons. The first kappa shape index (κ1) is 9.48. The summed E-state index contributed by atoms with van der Waals surface area (Å²) in [7, 11) is 0. The number of hydrogen-bond acceptors (Lipinski definition) is 4. The SMILES string of the molecule is CCN=CC(N)=C(N)C(N)=O. The fraction of sp³-hybridized carbons (Fsp3) is 0.333. The normalized spacial score (nSPS) is 13.2. The van der Waals surface area contributed by atoms with Gasteiger partial charge in [0.25, 0.3) is 5.91 Å². The van der Waals surface area contributed by atoms with E-state index >= 15 is 0 Å². The van der Waals surface area contributed by atoms with Crippen LogP contribution in [0.1, 0.15) is 6.92 Å². The lowest BCUT2D eigenvalue weighted by Crippen LogP contribution is -2.25. The lowest BCUT2D eigenvalue weighted by Gasteiger charge is -1.96. The molecule has 5 heteroatoms. The minimum Gasteiger partial charge on any atom is -0.396 e. The van der Waals surface area contributed by atoms with Gasteiger partial charge in [-0.15, -0.1) is 0 Å². The van der Waals surface area contributed by atoms with Crippen molar-refractivity contribution in [2.45, 2.75) is 6.92 Å². The van der Waals surface area contributed by atoms with Crippen LogP contribution in [0.5, 0.6) is 0 Å². The second kappa shape index (κ2) is 4.32. The van der Waals surface area contributed by atoms with Crippen molar-refractivity contribution in [2.24, 2.45) is 22.2 Å². The molecule has 6 N–H and O–H groups in total. The Bertz CT molecular complexity index is 207. The first-order chi connectivity index (χ1) is 5.09. The van der Waals surface area contributed by atoms with Crippen molar-refractivity contribution >= 4 is 12.1 Å². The summed E-state index contributed by atoms with van der Waals surface area (Å²) in [5.41, 5.74) is 15.3. The monoisotopic (exact) mass is 156 g/mol. The topological polar surface area (TPSA) is 107 Å². The number of rotatable bonds is 3. The van der Waals surface area contributed by atoms with E-state index in [0.29, 0.717) is 6.54 Å². The summed E-state index contributed by atoms with van der Waals surface area (Å²) >= 11 is 0. The molecule has 0 aliphatic rings. The molecule has 1 amide bonds. The van der Waals surface area contributed by atoms with Crippen LogP contribution in [-0.2, 0) is 4.79 Å². The third kappa shape index (κ3) is 3.24. The van der Waals surface area contributed by atoms with E-state index in [1.807, 2.05) is 6.92 Å². The van der Waals surface area contributed by atoms with Crippen molar-refractivity contribution in [1.82, 2.24) is 0 Å². The number of primary amides is 1. The number of nitrogens with zero attached hydrogens (tertiary/aromatic N) is 1. The first-order valence-corrected chi connectivity index (χ1v) is 3.14. The average molecular weight is 156 g/mol. The summed E-state index contributed by atoms with van der Waals surface area (Å²) < 4.78 is 0. The summed E-state index contributed by atoms with van der Waals surface area (Å²) in [6.07, 6.45) is 1.32. The van der Waals surface area contributed by atoms with Crippen LogP contribution in [0.2, 0.25) is 0 Å². The van der Waals surface area contributed by atoms with Gasteiger partial charge >= 0.3 is 0 Å². The quantitative estimate of drug-likeness (QED) is 0.349. The largest absolute Gasteiger partial charge is 0.396 e. The van der Waals surface area contributed by atoms with Crippen LogP contribution in [0.25, 0.3) is 0 Å². The van der Waals surface area contributed by atoms with Gasteiger partial charge in [0.05, 0.1) is 5.70 Å². The van der Waals surface area contributed by atoms with Gasteiger partial charge < -0.3 is 17.2 Å². The first-order valence-electron chi connectivity index (χ1n) is 3.14. The van der Waals surface area contributed by atoms with E-state index in [2.05, 4.69) is 4.99 Å². The lowest BCUT2D eigenvalue weighted by atomic mass is 10.3. The molecule has 0 aliphatic heterocycles. The minimum absolute atomic E-state index is 0.111. The van der Waals surface area contributed by atoms with E-state index in [9.17, 15) is 4.79 Å². The number of carbonyl (C=O) groups is 1. The van der Waals surface area contributed by atoms with Crippen LogP contribution in [0, 0.1) is 0 Å². The summed E-state index contributed by atoms with van der Waals surface area (Å²) in [5, 5.41) is 0. The van der Waals surface area contributed by atoms with Crippen LogP contribution in [-0.4, -0.2) is 18.7 Å². The Hall–Kier alpha value is -1.52. The zero-order valence-corrected chi connectivity index (χ0v) is 6.37. The zero-order valence-electron chi connectivity index (χ0n) is 6.37. The molecule has 0 heterocycles. The maximum Gasteiger partial charge on any atom is 0.266 e. The summed E-state index contributed by atoms with van der Waals surface area (Å²) in [4.78, 5) is 14.2. The highest BCUT2D eigenvalue weighted by molar-refractivity contribution is 5.97. The van der Waals surface area contributed by atoms with Gasteiger partial charge in [0.2, 0.25) is 0 Å². The Kier molecular flexibility index (Phi) is 3.72. The Morgan fingerprint density at radius 3 is 2.36 bits per heavy atom. The van der Waals surface area contributed by atoms with Crippen LogP contribution >= 0.6 is 0 Å². The number of aliphatic imine (C=N–C) groups is 1. The van der Waals surface area contributed by atoms with Crippen molar-refractivity contribution in [2.75, 3.05) is 6.54 Å². The maximum atomic E-state index is 10.4. The maximum absolute atomic E-state index is 10.4. The predicted octanol–water partition coefficient (Wildman–Crippen LogP) is -1.31. The third-order valence-electron chi connectivity index (χ3n) is 0.989. The molecule has 0 saturated heterocycles. The van der Waals surface area contributed by atoms with Gasteiger partial charge in [0.1, 0.15) is 5.70 Å². The molecule has 0 atom stereocenters. The van der Waals surface area contributed by atoms with E-state index in [0.717, 1.165) is 0 Å². The molecular weight excluding hydrogens is 144 g/mol. The molecule has 62 valence electrons. The van der Waals surface area contributed by atoms with E-state index in [-0.39, 0.29) is 11.4 Å². The van der Waals surface area contributed by atoms with E-state index in [1.54, 1.807) is 0 Å². The molecule has 0 fully saturated rings. The molecule has 0 unspecified atom stereocenters. The molecule has 0 spiro atoms. The number of nitrogens with two attached hydrogens (primary N) is 3. The van der Waals surface area contributed by atoms with Crippen LogP contribution in [0.3, 0.4) is 0 Å². The fourth-order valence-corrected chi connectivity index (χ4v) is 0.401. The van der Waals surface area contributed by atoms with Crippen molar-refractivity contribution in [3.05, 3.63) is 11.4 Å². The molecular formula is C6H12N4O. The molecule has 0 aliphatic carbocycles. The van der Waals surface area contributed by atoms with Crippen molar-refractivity contribution in [3.8, 4) is 0 Å². The van der Waals surface area contributed by atoms with Crippen LogP contribution in [0.15, 0.2) is 16.4 Å². The highest BCUT2D eigenvalue weighted by Gasteiger charge is 2.01. The molecule has 0 rings (SSSR count). The lowest BCUT2D eigenvalue weighted by molar-refractivity contribution is -0.114. The minimum atomic E-state index is -0.731. The second-order valence-corrected chi connectivity index (χ2v) is 1.86. The average Bonchev–Trinajstić information content (AvgIpc) is 1.98. The number of carbonyl (C=O) groups excluding carboxylic acids is 1. The fourth-order valence-electron chi connectivity index (χ4n) is 0.401. The summed E-state index contributed by atoms with van der Waals surface area (Å²) in [5.74, 6) is -0.731. The molecule has 0 bridgehead atoms. The molecule has 0 aromatic carbocycles. The second-order valence-electron chi connectivity index (χ2n) is 1.86. The number of amides is 1. The standard InChI is InChI=1S/C6H12N4O/c1-2-10-3-4(7)5(8)6(9)11/h3H,2,7-8H2,1H3,(H2,9,11). The Morgan fingerprint density at radius 2 is 2.00 bits per heavy atom. The smallest absolute Gasteiger partial charge is 0.266 e. The van der Waals surface area contributed by atoms with Gasteiger partial charge in [-0.25, -0.2) is 0 Å². The summed E-state index contributed by atoms with van der Waals surface area (Å²) in [6, 6.07) is 0. The van der Waals surface area contributed by atoms with E-state index in [4.69, 9.17) is 17.2 Å². The summed E-state index contributed by atoms with van der Waals surface area (Å²) in [6.45, 7) is 2.43. The van der Waals surface area contributed by atoms with Gasteiger partial charge in [0.15, 0.2) is 0 Å². The number of hydrogen-bond donors (Lipinski definition) is 3. The van der Waals surface area contributed by atoms with E-state index < -0.39 is 5.91 Å². The van der Waals surface area contributed by atoms with Crippen molar-refractivity contribution in [3.63, 3.8) is 0 Å². The zero-order chi connectivity index (χ0) is 8.85. The molecule has 0 aromatic rings. The van der Waals surface area contributed by atoms with Gasteiger partial charge in [-0.3, -0.25) is 9.79 Å². The van der Waals surface area contributed by atoms with Gasteiger partial charge in [0, 0.05) is 12.8 Å². The van der Waals surface area contributed by atoms with Crippen molar-refractivity contribution < 1.29 is 4.79 Å². The molecule has 0 aromatic heterocycles. The Morgan fingerprint density at radius 1 is 1.45 bits per heavy atom. The van der Waals surface area contributed by atoms with Gasteiger partial charge in [-0.2, -0.15) is 0 Å². The predicted molar refractivity (Wildman–Crippen MR) is 43.6 cm³/mol. The number of allylic oxidation sites excluding steroid dienone is 1. The highest BCUT2D eigenvalue weighted by atomic mass is 16.1. The highest BCUT2D eigenvalue weighted by Crippen LogP contribution is 1.85. The van der Waals surface area contributed by atoms with Crippen LogP contribution in [0.4, 0.5) is 0 Å². The Labute approximate surface area is 65.0 Å².